The fourth-order valence-electron chi connectivity index (χ4n) is 5.32. The summed E-state index contributed by atoms with van der Waals surface area (Å²) in [5.74, 6) is 0.433. The predicted molar refractivity (Wildman–Crippen MR) is 115 cm³/mol. The molecule has 1 aliphatic carbocycles. The zero-order valence-electron chi connectivity index (χ0n) is 17.3. The quantitative estimate of drug-likeness (QED) is 0.776. The van der Waals surface area contributed by atoms with Gasteiger partial charge in [0.1, 0.15) is 0 Å². The third-order valence-electron chi connectivity index (χ3n) is 6.65. The van der Waals surface area contributed by atoms with Gasteiger partial charge in [0.25, 0.3) is 0 Å². The highest BCUT2D eigenvalue weighted by atomic mass is 16.2. The van der Waals surface area contributed by atoms with Gasteiger partial charge < -0.3 is 15.2 Å². The van der Waals surface area contributed by atoms with Crippen LogP contribution in [0.2, 0.25) is 0 Å². The molecule has 1 aromatic heterocycles. The Balaban J connectivity index is 1.67. The van der Waals surface area contributed by atoms with E-state index in [0.717, 1.165) is 39.0 Å². The lowest BCUT2D eigenvalue weighted by atomic mass is 9.73. The number of fused-ring (bicyclic) bond motifs is 2. The minimum atomic E-state index is 0.0548. The number of aryl methyl sites for hydroxylation is 1. The molecule has 4 rings (SSSR count). The van der Waals surface area contributed by atoms with Crippen molar-refractivity contribution in [3.63, 3.8) is 0 Å². The van der Waals surface area contributed by atoms with E-state index in [2.05, 4.69) is 46.9 Å². The number of nitrogens with one attached hydrogen (secondary N) is 2. The van der Waals surface area contributed by atoms with Crippen molar-refractivity contribution in [2.75, 3.05) is 26.2 Å². The van der Waals surface area contributed by atoms with Gasteiger partial charge in [0.2, 0.25) is 0 Å². The van der Waals surface area contributed by atoms with Crippen LogP contribution in [0.4, 0.5) is 4.79 Å². The van der Waals surface area contributed by atoms with E-state index in [0.29, 0.717) is 12.0 Å². The highest BCUT2D eigenvalue weighted by Crippen LogP contribution is 2.44. The number of likely N-dealkylation sites (tertiary alicyclic amines) is 1. The Morgan fingerprint density at radius 3 is 2.89 bits per heavy atom. The summed E-state index contributed by atoms with van der Waals surface area (Å²) in [6.07, 6.45) is 4.05. The number of nitrogens with zero attached hydrogens (tertiary/aromatic N) is 2. The van der Waals surface area contributed by atoms with Crippen LogP contribution in [-0.2, 0) is 6.42 Å². The number of piperidine rings is 1. The number of carbonyl (C=O) groups excluding carboxylic acids is 1. The van der Waals surface area contributed by atoms with E-state index in [4.69, 9.17) is 0 Å². The van der Waals surface area contributed by atoms with Crippen LogP contribution in [-0.4, -0.2) is 59.1 Å². The summed E-state index contributed by atoms with van der Waals surface area (Å²) in [6, 6.07) is 7.31. The van der Waals surface area contributed by atoms with Gasteiger partial charge in [0.05, 0.1) is 0 Å². The normalized spacial score (nSPS) is 24.0. The van der Waals surface area contributed by atoms with Crippen molar-refractivity contribution in [2.24, 2.45) is 0 Å². The maximum absolute atomic E-state index is 12.7. The second-order valence-electron chi connectivity index (χ2n) is 8.17. The molecule has 2 amide bonds. The zero-order chi connectivity index (χ0) is 19.8. The van der Waals surface area contributed by atoms with Gasteiger partial charge in [-0.2, -0.15) is 0 Å². The summed E-state index contributed by atoms with van der Waals surface area (Å²) in [6.45, 7) is 13.4. The van der Waals surface area contributed by atoms with Crippen LogP contribution in [0.15, 0.2) is 30.9 Å². The number of rotatable bonds is 5. The van der Waals surface area contributed by atoms with Crippen molar-refractivity contribution in [1.82, 2.24) is 20.1 Å². The van der Waals surface area contributed by atoms with E-state index in [1.54, 1.807) is 0 Å². The number of H-pyrrole nitrogens is 1. The molecule has 1 aliphatic heterocycles. The molecule has 0 spiro atoms. The Labute approximate surface area is 167 Å². The summed E-state index contributed by atoms with van der Waals surface area (Å²) in [5.41, 5.74) is 5.43. The highest BCUT2D eigenvalue weighted by molar-refractivity contribution is 5.89. The Morgan fingerprint density at radius 1 is 1.39 bits per heavy atom. The SMILES string of the molecule is C=CCN1CC(NC(=O)N(CC)CC)CC2c3cccc4[nH]c(C)c(c34)C[C@H]21. The Bertz CT molecular complexity index is 882. The topological polar surface area (TPSA) is 51.4 Å². The molecule has 0 bridgehead atoms. The lowest BCUT2D eigenvalue weighted by Crippen LogP contribution is -2.57. The van der Waals surface area contributed by atoms with Crippen LogP contribution in [0.3, 0.4) is 0 Å². The third-order valence-corrected chi connectivity index (χ3v) is 6.65. The molecular weight excluding hydrogens is 348 g/mol. The monoisotopic (exact) mass is 380 g/mol. The van der Waals surface area contributed by atoms with Gasteiger partial charge in [-0.05, 0) is 50.8 Å². The van der Waals surface area contributed by atoms with Gasteiger partial charge in [-0.3, -0.25) is 4.90 Å². The number of amides is 2. The number of hydrogen-bond acceptors (Lipinski definition) is 2. The molecule has 0 radical (unpaired) electrons. The molecule has 1 aromatic carbocycles. The van der Waals surface area contributed by atoms with E-state index >= 15 is 0 Å². The number of carbonyl (C=O) groups is 1. The standard InChI is InChI=1S/C23H32N4O/c1-5-11-27-14-16(25-23(28)26(6-2)7-3)12-19-17-9-8-10-20-22(17)18(13-21(19)27)15(4)24-20/h5,8-10,16,19,21,24H,1,6-7,11-14H2,2-4H3,(H,25,28)/t16?,19?,21-/m1/s1. The van der Waals surface area contributed by atoms with Crippen LogP contribution in [0.25, 0.3) is 10.9 Å². The molecule has 0 saturated carbocycles. The molecule has 3 atom stereocenters. The van der Waals surface area contributed by atoms with E-state index in [1.165, 1.54) is 27.7 Å². The van der Waals surface area contributed by atoms with Gasteiger partial charge >= 0.3 is 6.03 Å². The van der Waals surface area contributed by atoms with Crippen molar-refractivity contribution in [3.8, 4) is 0 Å². The molecule has 1 saturated heterocycles. The van der Waals surface area contributed by atoms with Gasteiger partial charge in [0, 0.05) is 60.8 Å². The molecule has 28 heavy (non-hydrogen) atoms. The molecule has 2 aliphatic rings. The number of benzene rings is 1. The summed E-state index contributed by atoms with van der Waals surface area (Å²) < 4.78 is 0. The van der Waals surface area contributed by atoms with Crippen molar-refractivity contribution in [3.05, 3.63) is 47.7 Å². The average Bonchev–Trinajstić information content (AvgIpc) is 3.00. The molecule has 2 heterocycles. The number of aromatic nitrogens is 1. The first kappa shape index (κ1) is 19.1. The Kier molecular flexibility index (Phi) is 5.19. The van der Waals surface area contributed by atoms with Gasteiger partial charge in [-0.15, -0.1) is 6.58 Å². The second kappa shape index (κ2) is 7.63. The van der Waals surface area contributed by atoms with Gasteiger partial charge in [-0.25, -0.2) is 4.79 Å². The first-order valence-electron chi connectivity index (χ1n) is 10.6. The number of urea groups is 1. The fourth-order valence-corrected chi connectivity index (χ4v) is 5.32. The van der Waals surface area contributed by atoms with E-state index < -0.39 is 0 Å². The van der Waals surface area contributed by atoms with Crippen molar-refractivity contribution in [1.29, 1.82) is 0 Å². The molecule has 150 valence electrons. The summed E-state index contributed by atoms with van der Waals surface area (Å²) in [7, 11) is 0. The Hall–Kier alpha value is -2.27. The third kappa shape index (κ3) is 3.12. The lowest BCUT2D eigenvalue weighted by molar-refractivity contribution is 0.110. The van der Waals surface area contributed by atoms with Crippen LogP contribution in [0.1, 0.15) is 43.0 Å². The molecular formula is C23H32N4O. The average molecular weight is 381 g/mol. The van der Waals surface area contributed by atoms with E-state index in [1.807, 2.05) is 24.8 Å². The first-order valence-corrected chi connectivity index (χ1v) is 10.6. The number of aromatic amines is 1. The summed E-state index contributed by atoms with van der Waals surface area (Å²) in [4.78, 5) is 20.6. The number of hydrogen-bond donors (Lipinski definition) is 2. The van der Waals surface area contributed by atoms with Crippen molar-refractivity contribution < 1.29 is 4.79 Å². The van der Waals surface area contributed by atoms with Gasteiger partial charge in [0.15, 0.2) is 0 Å². The molecule has 2 unspecified atom stereocenters. The lowest BCUT2D eigenvalue weighted by Gasteiger charge is -2.47. The van der Waals surface area contributed by atoms with Crippen molar-refractivity contribution >= 4 is 16.9 Å². The zero-order valence-corrected chi connectivity index (χ0v) is 17.3. The Morgan fingerprint density at radius 2 is 2.18 bits per heavy atom. The second-order valence-corrected chi connectivity index (χ2v) is 8.17. The van der Waals surface area contributed by atoms with E-state index in [9.17, 15) is 4.79 Å². The fraction of sp³-hybridized carbons (Fsp3) is 0.522. The van der Waals surface area contributed by atoms with Crippen molar-refractivity contribution in [2.45, 2.75) is 51.6 Å². The van der Waals surface area contributed by atoms with Gasteiger partial charge in [-0.1, -0.05) is 18.2 Å². The minimum absolute atomic E-state index is 0.0548. The summed E-state index contributed by atoms with van der Waals surface area (Å²) >= 11 is 0. The smallest absolute Gasteiger partial charge is 0.317 e. The van der Waals surface area contributed by atoms with E-state index in [-0.39, 0.29) is 12.1 Å². The molecule has 1 fully saturated rings. The largest absolute Gasteiger partial charge is 0.358 e. The molecule has 2 N–H and O–H groups in total. The molecule has 5 nitrogen and oxygen atoms in total. The summed E-state index contributed by atoms with van der Waals surface area (Å²) in [5, 5.41) is 4.72. The molecule has 5 heteroatoms. The predicted octanol–water partition coefficient (Wildman–Crippen LogP) is 3.80. The molecule has 2 aromatic rings. The highest BCUT2D eigenvalue weighted by Gasteiger charge is 2.41. The van der Waals surface area contributed by atoms with Crippen LogP contribution in [0, 0.1) is 6.92 Å². The van der Waals surface area contributed by atoms with Crippen LogP contribution in [0.5, 0.6) is 0 Å². The van der Waals surface area contributed by atoms with Crippen LogP contribution >= 0.6 is 0 Å². The van der Waals surface area contributed by atoms with Crippen LogP contribution < -0.4 is 5.32 Å². The minimum Gasteiger partial charge on any atom is -0.358 e. The maximum Gasteiger partial charge on any atom is 0.317 e. The maximum atomic E-state index is 12.7. The first-order chi connectivity index (χ1) is 13.6.